The molecule has 1 aliphatic rings. The topological polar surface area (TPSA) is 83.9 Å². The summed E-state index contributed by atoms with van der Waals surface area (Å²) in [5, 5.41) is 8.92. The van der Waals surface area contributed by atoms with Crippen molar-refractivity contribution in [3.05, 3.63) is 35.4 Å². The fourth-order valence-electron chi connectivity index (χ4n) is 2.21. The lowest BCUT2D eigenvalue weighted by Crippen LogP contribution is -2.47. The third kappa shape index (κ3) is 3.36. The smallest absolute Gasteiger partial charge is 0.335 e. The molecule has 2 rings (SSSR count). The van der Waals surface area contributed by atoms with Gasteiger partial charge in [0.2, 0.25) is 10.0 Å². The first kappa shape index (κ1) is 15.0. The molecule has 110 valence electrons. The number of hydrogen-bond acceptors (Lipinski definition) is 4. The van der Waals surface area contributed by atoms with Gasteiger partial charge in [-0.15, -0.1) is 0 Å². The highest BCUT2D eigenvalue weighted by Crippen LogP contribution is 2.17. The van der Waals surface area contributed by atoms with Crippen molar-refractivity contribution in [3.8, 4) is 0 Å². The second kappa shape index (κ2) is 5.90. The Morgan fingerprint density at radius 3 is 2.90 bits per heavy atom. The molecule has 1 aromatic rings. The van der Waals surface area contributed by atoms with E-state index in [4.69, 9.17) is 9.84 Å². The molecule has 0 amide bonds. The second-order valence-corrected chi connectivity index (χ2v) is 6.72. The summed E-state index contributed by atoms with van der Waals surface area (Å²) in [5.74, 6) is -1.26. The molecule has 1 saturated heterocycles. The first-order valence-corrected chi connectivity index (χ1v) is 7.90. The van der Waals surface area contributed by atoms with Crippen LogP contribution in [0.25, 0.3) is 0 Å². The van der Waals surface area contributed by atoms with Gasteiger partial charge in [-0.1, -0.05) is 12.1 Å². The molecule has 0 aromatic heterocycles. The highest BCUT2D eigenvalue weighted by Gasteiger charge is 2.30. The summed E-state index contributed by atoms with van der Waals surface area (Å²) in [6, 6.07) is 5.81. The molecule has 1 unspecified atom stereocenters. The number of carbonyl (C=O) groups is 1. The molecule has 0 spiro atoms. The summed E-state index contributed by atoms with van der Waals surface area (Å²) in [7, 11) is -3.47. The molecule has 0 aliphatic carbocycles. The zero-order valence-electron chi connectivity index (χ0n) is 11.2. The molecular weight excluding hydrogens is 282 g/mol. The van der Waals surface area contributed by atoms with Gasteiger partial charge in [0.1, 0.15) is 0 Å². The van der Waals surface area contributed by atoms with Gasteiger partial charge in [0.15, 0.2) is 0 Å². The Hall–Kier alpha value is -1.44. The van der Waals surface area contributed by atoms with E-state index in [9.17, 15) is 13.2 Å². The van der Waals surface area contributed by atoms with Crippen LogP contribution in [0.15, 0.2) is 24.3 Å². The Balaban J connectivity index is 2.19. The van der Waals surface area contributed by atoms with E-state index in [0.29, 0.717) is 25.3 Å². The molecule has 0 saturated carbocycles. The van der Waals surface area contributed by atoms with Crippen LogP contribution in [0, 0.1) is 0 Å². The van der Waals surface area contributed by atoms with Crippen LogP contribution in [-0.2, 0) is 20.5 Å². The minimum absolute atomic E-state index is 0.0905. The van der Waals surface area contributed by atoms with Crippen molar-refractivity contribution in [2.75, 3.05) is 19.8 Å². The molecule has 1 heterocycles. The molecule has 6 nitrogen and oxygen atoms in total. The van der Waals surface area contributed by atoms with E-state index in [-0.39, 0.29) is 17.4 Å². The van der Waals surface area contributed by atoms with Crippen LogP contribution in [0.4, 0.5) is 0 Å². The first-order chi connectivity index (χ1) is 9.40. The first-order valence-electron chi connectivity index (χ1n) is 6.29. The SMILES string of the molecule is CC1COCCN1S(=O)(=O)Cc1cccc(C(=O)O)c1. The molecule has 1 N–H and O–H groups in total. The standard InChI is InChI=1S/C13H17NO5S/c1-10-8-19-6-5-14(10)20(17,18)9-11-3-2-4-12(7-11)13(15)16/h2-4,7,10H,5-6,8-9H2,1H3,(H,15,16). The Labute approximate surface area is 118 Å². The van der Waals surface area contributed by atoms with Gasteiger partial charge in [-0.25, -0.2) is 13.2 Å². The van der Waals surface area contributed by atoms with E-state index in [0.717, 1.165) is 0 Å². The number of morpholine rings is 1. The van der Waals surface area contributed by atoms with Gasteiger partial charge in [-0.2, -0.15) is 4.31 Å². The van der Waals surface area contributed by atoms with Gasteiger partial charge >= 0.3 is 5.97 Å². The van der Waals surface area contributed by atoms with E-state index in [1.165, 1.54) is 16.4 Å². The zero-order chi connectivity index (χ0) is 14.8. The van der Waals surface area contributed by atoms with Gasteiger partial charge in [0.05, 0.1) is 24.5 Å². The molecular formula is C13H17NO5S. The van der Waals surface area contributed by atoms with Crippen LogP contribution in [0.2, 0.25) is 0 Å². The van der Waals surface area contributed by atoms with Crippen molar-refractivity contribution in [1.29, 1.82) is 0 Å². The summed E-state index contributed by atoms with van der Waals surface area (Å²) < 4.78 is 31.4. The number of benzene rings is 1. The van der Waals surface area contributed by atoms with Gasteiger partial charge in [-0.3, -0.25) is 0 Å². The minimum atomic E-state index is -3.47. The van der Waals surface area contributed by atoms with Crippen molar-refractivity contribution < 1.29 is 23.1 Å². The Bertz CT molecular complexity index is 599. The van der Waals surface area contributed by atoms with Crippen LogP contribution in [0.1, 0.15) is 22.8 Å². The average molecular weight is 299 g/mol. The summed E-state index contributed by atoms with van der Waals surface area (Å²) in [6.45, 7) is 2.90. The maximum Gasteiger partial charge on any atom is 0.335 e. The van der Waals surface area contributed by atoms with Crippen molar-refractivity contribution >= 4 is 16.0 Å². The molecule has 0 radical (unpaired) electrons. The third-order valence-electron chi connectivity index (χ3n) is 3.19. The predicted octanol–water partition coefficient (Wildman–Crippen LogP) is 0.935. The lowest BCUT2D eigenvalue weighted by atomic mass is 10.1. The zero-order valence-corrected chi connectivity index (χ0v) is 12.0. The number of ether oxygens (including phenoxy) is 1. The number of rotatable bonds is 4. The van der Waals surface area contributed by atoms with Crippen molar-refractivity contribution in [1.82, 2.24) is 4.31 Å². The number of hydrogen-bond donors (Lipinski definition) is 1. The summed E-state index contributed by atoms with van der Waals surface area (Å²) in [6.07, 6.45) is 0. The van der Waals surface area contributed by atoms with E-state index in [2.05, 4.69) is 0 Å². The van der Waals surface area contributed by atoms with Crippen molar-refractivity contribution in [3.63, 3.8) is 0 Å². The molecule has 1 fully saturated rings. The van der Waals surface area contributed by atoms with Crippen molar-refractivity contribution in [2.24, 2.45) is 0 Å². The summed E-state index contributed by atoms with van der Waals surface area (Å²) >= 11 is 0. The number of carboxylic acid groups (broad SMARTS) is 1. The normalized spacial score (nSPS) is 20.8. The Morgan fingerprint density at radius 1 is 1.50 bits per heavy atom. The van der Waals surface area contributed by atoms with E-state index < -0.39 is 16.0 Å². The van der Waals surface area contributed by atoms with Gasteiger partial charge < -0.3 is 9.84 Å². The molecule has 20 heavy (non-hydrogen) atoms. The van der Waals surface area contributed by atoms with Gasteiger partial charge in [-0.05, 0) is 24.6 Å². The van der Waals surface area contributed by atoms with Crippen LogP contribution >= 0.6 is 0 Å². The van der Waals surface area contributed by atoms with Crippen LogP contribution in [0.3, 0.4) is 0 Å². The Kier molecular flexibility index (Phi) is 4.42. The van der Waals surface area contributed by atoms with Crippen LogP contribution in [0.5, 0.6) is 0 Å². The number of aromatic carboxylic acids is 1. The third-order valence-corrected chi connectivity index (χ3v) is 5.14. The van der Waals surface area contributed by atoms with E-state index in [1.807, 2.05) is 0 Å². The molecule has 1 atom stereocenters. The highest BCUT2D eigenvalue weighted by atomic mass is 32.2. The molecule has 1 aliphatic heterocycles. The number of sulfonamides is 1. The molecule has 0 bridgehead atoms. The van der Waals surface area contributed by atoms with Crippen LogP contribution in [-0.4, -0.2) is 49.6 Å². The average Bonchev–Trinajstić information content (AvgIpc) is 2.38. The second-order valence-electron chi connectivity index (χ2n) is 4.80. The van der Waals surface area contributed by atoms with Gasteiger partial charge in [0, 0.05) is 12.6 Å². The quantitative estimate of drug-likeness (QED) is 0.894. The summed E-state index contributed by atoms with van der Waals surface area (Å²) in [5.41, 5.74) is 0.566. The fraction of sp³-hybridized carbons (Fsp3) is 0.462. The highest BCUT2D eigenvalue weighted by molar-refractivity contribution is 7.88. The number of carboxylic acids is 1. The molecule has 7 heteroatoms. The minimum Gasteiger partial charge on any atom is -0.478 e. The predicted molar refractivity (Wildman–Crippen MR) is 73.0 cm³/mol. The summed E-state index contributed by atoms with van der Waals surface area (Å²) in [4.78, 5) is 10.9. The lowest BCUT2D eigenvalue weighted by Gasteiger charge is -2.32. The monoisotopic (exact) mass is 299 g/mol. The largest absolute Gasteiger partial charge is 0.478 e. The number of nitrogens with zero attached hydrogens (tertiary/aromatic N) is 1. The maximum absolute atomic E-state index is 12.4. The Morgan fingerprint density at radius 2 is 2.25 bits per heavy atom. The fourth-order valence-corrected chi connectivity index (χ4v) is 3.94. The van der Waals surface area contributed by atoms with Crippen LogP contribution < -0.4 is 0 Å². The van der Waals surface area contributed by atoms with Gasteiger partial charge in [0.25, 0.3) is 0 Å². The molecule has 1 aromatic carbocycles. The van der Waals surface area contributed by atoms with E-state index >= 15 is 0 Å². The van der Waals surface area contributed by atoms with E-state index in [1.54, 1.807) is 19.1 Å². The van der Waals surface area contributed by atoms with Crippen molar-refractivity contribution in [2.45, 2.75) is 18.7 Å². The lowest BCUT2D eigenvalue weighted by molar-refractivity contribution is 0.0392. The maximum atomic E-state index is 12.4.